The molecule has 1 aliphatic rings. The first-order valence-corrected chi connectivity index (χ1v) is 10.6. The Labute approximate surface area is 171 Å². The molecule has 0 spiro atoms. The van der Waals surface area contributed by atoms with Crippen LogP contribution in [0.1, 0.15) is 28.5 Å². The number of amides is 2. The minimum atomic E-state index is -0.253. The lowest BCUT2D eigenvalue weighted by Crippen LogP contribution is -2.38. The quantitative estimate of drug-likeness (QED) is 0.743. The van der Waals surface area contributed by atoms with Crippen LogP contribution in [0, 0.1) is 12.8 Å². The summed E-state index contributed by atoms with van der Waals surface area (Å²) in [7, 11) is 4.03. The number of nitrogens with one attached hydrogen (secondary N) is 1. The molecule has 28 heavy (non-hydrogen) atoms. The van der Waals surface area contributed by atoms with Crippen molar-refractivity contribution in [2.45, 2.75) is 25.8 Å². The number of carbonyl (C=O) groups is 2. The van der Waals surface area contributed by atoms with Crippen molar-refractivity contribution in [1.82, 2.24) is 15.1 Å². The molecule has 1 aromatic heterocycles. The third-order valence-electron chi connectivity index (χ3n) is 5.34. The van der Waals surface area contributed by atoms with E-state index in [1.54, 1.807) is 11.3 Å². The Balaban J connectivity index is 1.49. The molecule has 2 amide bonds. The lowest BCUT2D eigenvalue weighted by molar-refractivity contribution is -0.129. The molecular weight excluding hydrogens is 370 g/mol. The second-order valence-electron chi connectivity index (χ2n) is 7.72. The lowest BCUT2D eigenvalue weighted by Gasteiger charge is -2.24. The molecule has 2 aromatic rings. The molecule has 2 atom stereocenters. The Bertz CT molecular complexity index is 787. The van der Waals surface area contributed by atoms with Gasteiger partial charge in [-0.15, -0.1) is 11.3 Å². The van der Waals surface area contributed by atoms with Crippen molar-refractivity contribution in [3.05, 3.63) is 57.8 Å². The first-order chi connectivity index (χ1) is 13.4. The van der Waals surface area contributed by atoms with Gasteiger partial charge in [0.25, 0.3) is 0 Å². The fraction of sp³-hybridized carbons (Fsp3) is 0.455. The van der Waals surface area contributed by atoms with Crippen LogP contribution in [-0.2, 0) is 16.0 Å². The summed E-state index contributed by atoms with van der Waals surface area (Å²) >= 11 is 1.69. The highest BCUT2D eigenvalue weighted by Gasteiger charge is 2.34. The minimum absolute atomic E-state index is 0.0189. The van der Waals surface area contributed by atoms with Crippen LogP contribution in [0.15, 0.2) is 41.8 Å². The van der Waals surface area contributed by atoms with E-state index in [1.165, 1.54) is 16.0 Å². The standard InChI is InChI=1S/C22H29N3O2S/c1-16-6-8-17(9-7-16)10-11-25-15-18(13-21(25)26)22(27)23-14-19(24(2)3)20-5-4-12-28-20/h4-9,12,18-19H,10-11,13-15H2,1-3H3,(H,23,27). The maximum Gasteiger partial charge on any atom is 0.225 e. The number of benzene rings is 1. The van der Waals surface area contributed by atoms with Gasteiger partial charge in [0, 0.05) is 30.9 Å². The van der Waals surface area contributed by atoms with Gasteiger partial charge in [0.1, 0.15) is 0 Å². The summed E-state index contributed by atoms with van der Waals surface area (Å²) in [4.78, 5) is 30.1. The molecule has 0 radical (unpaired) electrons. The predicted molar refractivity (Wildman–Crippen MR) is 113 cm³/mol. The van der Waals surface area contributed by atoms with E-state index in [4.69, 9.17) is 0 Å². The fourth-order valence-corrected chi connectivity index (χ4v) is 4.47. The van der Waals surface area contributed by atoms with Crippen LogP contribution in [0.25, 0.3) is 0 Å². The smallest absolute Gasteiger partial charge is 0.225 e. The normalized spacial score (nSPS) is 17.9. The summed E-state index contributed by atoms with van der Waals surface area (Å²) in [6, 6.07) is 12.7. The third kappa shape index (κ3) is 5.20. The van der Waals surface area contributed by atoms with Crippen LogP contribution in [-0.4, -0.2) is 55.3 Å². The van der Waals surface area contributed by atoms with Crippen molar-refractivity contribution in [3.8, 4) is 0 Å². The average molecular weight is 400 g/mol. The molecule has 1 N–H and O–H groups in total. The Morgan fingerprint density at radius 3 is 2.68 bits per heavy atom. The summed E-state index contributed by atoms with van der Waals surface area (Å²) in [6.07, 6.45) is 1.13. The number of nitrogens with zero attached hydrogens (tertiary/aromatic N) is 2. The van der Waals surface area contributed by atoms with Gasteiger partial charge in [0.15, 0.2) is 0 Å². The Hall–Kier alpha value is -2.18. The van der Waals surface area contributed by atoms with Crippen molar-refractivity contribution in [2.75, 3.05) is 33.7 Å². The van der Waals surface area contributed by atoms with E-state index in [9.17, 15) is 9.59 Å². The maximum absolute atomic E-state index is 12.6. The van der Waals surface area contributed by atoms with Crippen LogP contribution in [0.4, 0.5) is 0 Å². The topological polar surface area (TPSA) is 52.7 Å². The van der Waals surface area contributed by atoms with Gasteiger partial charge in [0.05, 0.1) is 12.0 Å². The summed E-state index contributed by atoms with van der Waals surface area (Å²) in [6.45, 7) is 3.81. The summed E-state index contributed by atoms with van der Waals surface area (Å²) < 4.78 is 0. The van der Waals surface area contributed by atoms with Gasteiger partial charge in [-0.1, -0.05) is 35.9 Å². The molecule has 1 fully saturated rings. The van der Waals surface area contributed by atoms with E-state index >= 15 is 0 Å². The van der Waals surface area contributed by atoms with Crippen LogP contribution in [0.2, 0.25) is 0 Å². The van der Waals surface area contributed by atoms with Gasteiger partial charge in [0.2, 0.25) is 11.8 Å². The van der Waals surface area contributed by atoms with Gasteiger partial charge in [-0.05, 0) is 44.4 Å². The van der Waals surface area contributed by atoms with Gasteiger partial charge in [-0.25, -0.2) is 0 Å². The third-order valence-corrected chi connectivity index (χ3v) is 6.31. The summed E-state index contributed by atoms with van der Waals surface area (Å²) in [5, 5.41) is 5.11. The molecule has 2 unspecified atom stereocenters. The molecule has 2 heterocycles. The second-order valence-corrected chi connectivity index (χ2v) is 8.70. The van der Waals surface area contributed by atoms with Crippen LogP contribution < -0.4 is 5.32 Å². The number of rotatable bonds is 8. The van der Waals surface area contributed by atoms with Gasteiger partial charge >= 0.3 is 0 Å². The molecule has 5 nitrogen and oxygen atoms in total. The molecule has 0 bridgehead atoms. The van der Waals surface area contributed by atoms with E-state index in [1.807, 2.05) is 25.1 Å². The maximum atomic E-state index is 12.6. The van der Waals surface area contributed by atoms with Crippen LogP contribution in [0.5, 0.6) is 0 Å². The molecule has 1 saturated heterocycles. The highest BCUT2D eigenvalue weighted by molar-refractivity contribution is 7.10. The van der Waals surface area contributed by atoms with E-state index in [-0.39, 0.29) is 23.8 Å². The number of hydrogen-bond donors (Lipinski definition) is 1. The molecular formula is C22H29N3O2S. The highest BCUT2D eigenvalue weighted by Crippen LogP contribution is 2.23. The Kier molecular flexibility index (Phi) is 6.86. The van der Waals surface area contributed by atoms with Crippen LogP contribution >= 0.6 is 11.3 Å². The zero-order chi connectivity index (χ0) is 20.1. The zero-order valence-corrected chi connectivity index (χ0v) is 17.7. The Morgan fingerprint density at radius 2 is 2.04 bits per heavy atom. The van der Waals surface area contributed by atoms with E-state index in [0.717, 1.165) is 6.42 Å². The van der Waals surface area contributed by atoms with Gasteiger partial charge in [-0.3, -0.25) is 9.59 Å². The van der Waals surface area contributed by atoms with Crippen molar-refractivity contribution in [2.24, 2.45) is 5.92 Å². The van der Waals surface area contributed by atoms with Crippen LogP contribution in [0.3, 0.4) is 0 Å². The highest BCUT2D eigenvalue weighted by atomic mass is 32.1. The SMILES string of the molecule is Cc1ccc(CCN2CC(C(=O)NCC(c3cccs3)N(C)C)CC2=O)cc1. The van der Waals surface area contributed by atoms with E-state index in [0.29, 0.717) is 26.1 Å². The first-order valence-electron chi connectivity index (χ1n) is 9.75. The molecule has 0 saturated carbocycles. The second kappa shape index (κ2) is 9.34. The minimum Gasteiger partial charge on any atom is -0.354 e. The van der Waals surface area contributed by atoms with E-state index in [2.05, 4.69) is 52.9 Å². The monoisotopic (exact) mass is 399 g/mol. The number of hydrogen-bond acceptors (Lipinski definition) is 4. The fourth-order valence-electron chi connectivity index (χ4n) is 3.54. The average Bonchev–Trinajstić information content (AvgIpc) is 3.31. The van der Waals surface area contributed by atoms with Gasteiger partial charge in [-0.2, -0.15) is 0 Å². The molecule has 6 heteroatoms. The molecule has 150 valence electrons. The Morgan fingerprint density at radius 1 is 1.29 bits per heavy atom. The first kappa shape index (κ1) is 20.6. The number of likely N-dealkylation sites (tertiary alicyclic amines) is 1. The van der Waals surface area contributed by atoms with Gasteiger partial charge < -0.3 is 15.1 Å². The molecule has 0 aliphatic carbocycles. The predicted octanol–water partition coefficient (Wildman–Crippen LogP) is 2.87. The zero-order valence-electron chi connectivity index (χ0n) is 16.9. The van der Waals surface area contributed by atoms with E-state index < -0.39 is 0 Å². The van der Waals surface area contributed by atoms with Crippen molar-refractivity contribution < 1.29 is 9.59 Å². The number of thiophene rings is 1. The van der Waals surface area contributed by atoms with Crippen molar-refractivity contribution in [3.63, 3.8) is 0 Å². The molecule has 1 aliphatic heterocycles. The lowest BCUT2D eigenvalue weighted by atomic mass is 10.1. The summed E-state index contributed by atoms with van der Waals surface area (Å²) in [5.41, 5.74) is 2.45. The summed E-state index contributed by atoms with van der Waals surface area (Å²) in [5.74, 6) is -0.194. The molecule has 1 aromatic carbocycles. The molecule has 3 rings (SSSR count). The van der Waals surface area contributed by atoms with Crippen molar-refractivity contribution >= 4 is 23.2 Å². The number of carbonyl (C=O) groups excluding carboxylic acids is 2. The largest absolute Gasteiger partial charge is 0.354 e. The number of aryl methyl sites for hydroxylation is 1. The van der Waals surface area contributed by atoms with Crippen molar-refractivity contribution in [1.29, 1.82) is 0 Å². The number of likely N-dealkylation sites (N-methyl/N-ethyl adjacent to an activating group) is 1.